The van der Waals surface area contributed by atoms with Crippen LogP contribution in [0.25, 0.3) is 0 Å². The Balaban J connectivity index is 1.43. The molecule has 0 radical (unpaired) electrons. The lowest BCUT2D eigenvalue weighted by molar-refractivity contribution is -0.142. The molecule has 0 saturated carbocycles. The van der Waals surface area contributed by atoms with E-state index in [1.54, 1.807) is 36.3 Å². The van der Waals surface area contributed by atoms with Gasteiger partial charge in [-0.3, -0.25) is 4.79 Å². The molecular formula is C20H22ClN3O3. The third-order valence-corrected chi connectivity index (χ3v) is 4.72. The average Bonchev–Trinajstić information content (AvgIpc) is 2.62. The molecule has 3 amide bonds. The first-order valence-electron chi connectivity index (χ1n) is 8.72. The van der Waals surface area contributed by atoms with Crippen LogP contribution in [0.1, 0.15) is 11.1 Å². The number of nitrogens with zero attached hydrogens (tertiary/aromatic N) is 1. The molecule has 0 unspecified atom stereocenters. The second kappa shape index (κ2) is 8.88. The lowest BCUT2D eigenvalue weighted by Gasteiger charge is -2.38. The van der Waals surface area contributed by atoms with Gasteiger partial charge in [0.15, 0.2) is 0 Å². The molecule has 27 heavy (non-hydrogen) atoms. The van der Waals surface area contributed by atoms with Crippen molar-refractivity contribution in [2.45, 2.75) is 19.1 Å². The first-order valence-corrected chi connectivity index (χ1v) is 9.10. The number of benzene rings is 2. The predicted octanol–water partition coefficient (Wildman–Crippen LogP) is 3.06. The van der Waals surface area contributed by atoms with Gasteiger partial charge in [-0.25, -0.2) is 4.79 Å². The average molecular weight is 388 g/mol. The molecule has 0 aliphatic carbocycles. The van der Waals surface area contributed by atoms with Crippen molar-refractivity contribution in [3.8, 4) is 0 Å². The van der Waals surface area contributed by atoms with E-state index < -0.39 is 0 Å². The molecule has 1 heterocycles. The summed E-state index contributed by atoms with van der Waals surface area (Å²) in [6.45, 7) is 1.72. The summed E-state index contributed by atoms with van der Waals surface area (Å²) in [5.74, 6) is 0.0877. The Morgan fingerprint density at radius 3 is 2.33 bits per heavy atom. The van der Waals surface area contributed by atoms with Crippen LogP contribution in [-0.4, -0.2) is 43.1 Å². The summed E-state index contributed by atoms with van der Waals surface area (Å²) < 4.78 is 5.18. The molecule has 142 valence electrons. The van der Waals surface area contributed by atoms with Gasteiger partial charge >= 0.3 is 6.03 Å². The van der Waals surface area contributed by atoms with Crippen LogP contribution in [0.2, 0.25) is 5.02 Å². The smallest absolute Gasteiger partial charge is 0.319 e. The first kappa shape index (κ1) is 19.2. The van der Waals surface area contributed by atoms with Crippen molar-refractivity contribution < 1.29 is 14.3 Å². The quantitative estimate of drug-likeness (QED) is 0.800. The van der Waals surface area contributed by atoms with Crippen molar-refractivity contribution in [3.63, 3.8) is 0 Å². The van der Waals surface area contributed by atoms with Crippen LogP contribution < -0.4 is 10.6 Å². The lowest BCUT2D eigenvalue weighted by atomic mass is 10.1. The summed E-state index contributed by atoms with van der Waals surface area (Å²) in [6, 6.07) is 14.3. The number of carbonyl (C=O) groups excluding carboxylic acids is 2. The molecule has 2 aromatic carbocycles. The maximum atomic E-state index is 12.1. The molecule has 0 aromatic heterocycles. The minimum absolute atomic E-state index is 0.0877. The van der Waals surface area contributed by atoms with Crippen molar-refractivity contribution in [2.24, 2.45) is 0 Å². The number of hydrogen-bond acceptors (Lipinski definition) is 3. The number of halogens is 1. The number of urea groups is 1. The number of ether oxygens (including phenoxy) is 1. The normalized spacial score (nSPS) is 13.8. The highest BCUT2D eigenvalue weighted by Crippen LogP contribution is 2.15. The number of nitrogens with one attached hydrogen (secondary N) is 2. The zero-order chi connectivity index (χ0) is 19.2. The van der Waals surface area contributed by atoms with Crippen molar-refractivity contribution in [3.05, 3.63) is 64.7 Å². The fraction of sp³-hybridized carbons (Fsp3) is 0.300. The second-order valence-corrected chi connectivity index (χ2v) is 6.90. The third-order valence-electron chi connectivity index (χ3n) is 4.47. The van der Waals surface area contributed by atoms with Crippen molar-refractivity contribution in [1.29, 1.82) is 0 Å². The summed E-state index contributed by atoms with van der Waals surface area (Å²) >= 11 is 5.84. The summed E-state index contributed by atoms with van der Waals surface area (Å²) in [4.78, 5) is 25.9. The van der Waals surface area contributed by atoms with Gasteiger partial charge < -0.3 is 20.3 Å². The van der Waals surface area contributed by atoms with Gasteiger partial charge in [0.1, 0.15) is 0 Å². The number of anilines is 1. The first-order chi connectivity index (χ1) is 13.0. The van der Waals surface area contributed by atoms with E-state index in [1.807, 2.05) is 24.3 Å². The van der Waals surface area contributed by atoms with Crippen LogP contribution in [-0.2, 0) is 22.5 Å². The van der Waals surface area contributed by atoms with E-state index in [0.29, 0.717) is 36.8 Å². The number of carbonyl (C=O) groups is 2. The maximum Gasteiger partial charge on any atom is 0.319 e. The van der Waals surface area contributed by atoms with E-state index in [2.05, 4.69) is 10.6 Å². The summed E-state index contributed by atoms with van der Waals surface area (Å²) in [5, 5.41) is 6.22. The molecule has 0 spiro atoms. The van der Waals surface area contributed by atoms with E-state index in [9.17, 15) is 9.59 Å². The SMILES string of the molecule is COC1CN(C(=O)Cc2ccc(NC(=O)NCc3ccc(Cl)cc3)cc2)C1. The van der Waals surface area contributed by atoms with E-state index in [1.165, 1.54) is 0 Å². The summed E-state index contributed by atoms with van der Waals surface area (Å²) in [5.41, 5.74) is 2.54. The summed E-state index contributed by atoms with van der Waals surface area (Å²) in [7, 11) is 1.66. The molecule has 3 rings (SSSR count). The van der Waals surface area contributed by atoms with Gasteiger partial charge in [0.05, 0.1) is 12.5 Å². The molecule has 1 aliphatic rings. The van der Waals surface area contributed by atoms with Gasteiger partial charge in [0, 0.05) is 37.5 Å². The van der Waals surface area contributed by atoms with Gasteiger partial charge in [-0.1, -0.05) is 35.9 Å². The number of amides is 3. The highest BCUT2D eigenvalue weighted by Gasteiger charge is 2.30. The van der Waals surface area contributed by atoms with E-state index in [-0.39, 0.29) is 18.0 Å². The van der Waals surface area contributed by atoms with Gasteiger partial charge in [-0.05, 0) is 35.4 Å². The largest absolute Gasteiger partial charge is 0.378 e. The van der Waals surface area contributed by atoms with Crippen molar-refractivity contribution in [1.82, 2.24) is 10.2 Å². The van der Waals surface area contributed by atoms with Crippen LogP contribution >= 0.6 is 11.6 Å². The highest BCUT2D eigenvalue weighted by molar-refractivity contribution is 6.30. The fourth-order valence-corrected chi connectivity index (χ4v) is 2.87. The molecule has 0 atom stereocenters. The number of rotatable bonds is 6. The van der Waals surface area contributed by atoms with Gasteiger partial charge in [-0.15, -0.1) is 0 Å². The standard InChI is InChI=1S/C20H22ClN3O3/c1-27-18-12-24(13-18)19(25)10-14-4-8-17(9-5-14)23-20(26)22-11-15-2-6-16(21)7-3-15/h2-9,18H,10-13H2,1H3,(H2,22,23,26). The van der Waals surface area contributed by atoms with Crippen LogP contribution in [0.15, 0.2) is 48.5 Å². The van der Waals surface area contributed by atoms with Crippen molar-refractivity contribution >= 4 is 29.2 Å². The minimum Gasteiger partial charge on any atom is -0.378 e. The van der Waals surface area contributed by atoms with E-state index in [4.69, 9.17) is 16.3 Å². The Labute approximate surface area is 163 Å². The highest BCUT2D eigenvalue weighted by atomic mass is 35.5. The molecule has 2 aromatic rings. The van der Waals surface area contributed by atoms with Gasteiger partial charge in [0.25, 0.3) is 0 Å². The molecule has 0 bridgehead atoms. The molecule has 1 saturated heterocycles. The monoisotopic (exact) mass is 387 g/mol. The molecule has 2 N–H and O–H groups in total. The predicted molar refractivity (Wildman–Crippen MR) is 105 cm³/mol. The van der Waals surface area contributed by atoms with Crippen LogP contribution in [0.5, 0.6) is 0 Å². The summed E-state index contributed by atoms with van der Waals surface area (Å²) in [6.07, 6.45) is 0.506. The Bertz CT molecular complexity index is 787. The van der Waals surface area contributed by atoms with E-state index in [0.717, 1.165) is 11.1 Å². The second-order valence-electron chi connectivity index (χ2n) is 6.46. The molecule has 1 fully saturated rings. The van der Waals surface area contributed by atoms with Crippen LogP contribution in [0.3, 0.4) is 0 Å². The Kier molecular flexibility index (Phi) is 6.32. The zero-order valence-electron chi connectivity index (χ0n) is 15.1. The number of hydrogen-bond donors (Lipinski definition) is 2. The minimum atomic E-state index is -0.292. The third kappa shape index (κ3) is 5.45. The molecule has 1 aliphatic heterocycles. The molecule has 7 heteroatoms. The van der Waals surface area contributed by atoms with E-state index >= 15 is 0 Å². The Hall–Kier alpha value is -2.57. The Morgan fingerprint density at radius 1 is 1.07 bits per heavy atom. The van der Waals surface area contributed by atoms with Gasteiger partial charge in [-0.2, -0.15) is 0 Å². The lowest BCUT2D eigenvalue weighted by Crippen LogP contribution is -2.54. The van der Waals surface area contributed by atoms with Gasteiger partial charge in [0.2, 0.25) is 5.91 Å². The molecule has 6 nitrogen and oxygen atoms in total. The number of likely N-dealkylation sites (tertiary alicyclic amines) is 1. The number of methoxy groups -OCH3 is 1. The Morgan fingerprint density at radius 2 is 1.70 bits per heavy atom. The fourth-order valence-electron chi connectivity index (χ4n) is 2.74. The van der Waals surface area contributed by atoms with Crippen molar-refractivity contribution in [2.75, 3.05) is 25.5 Å². The molecular weight excluding hydrogens is 366 g/mol. The zero-order valence-corrected chi connectivity index (χ0v) is 15.8. The maximum absolute atomic E-state index is 12.1. The topological polar surface area (TPSA) is 70.7 Å². The van der Waals surface area contributed by atoms with Crippen LogP contribution in [0, 0.1) is 0 Å². The van der Waals surface area contributed by atoms with Crippen LogP contribution in [0.4, 0.5) is 10.5 Å².